The van der Waals surface area contributed by atoms with Gasteiger partial charge in [-0.2, -0.15) is 0 Å². The van der Waals surface area contributed by atoms with Crippen LogP contribution in [0.5, 0.6) is 0 Å². The fourth-order valence-electron chi connectivity index (χ4n) is 1.63. The van der Waals surface area contributed by atoms with Crippen LogP contribution in [0.15, 0.2) is 17.3 Å². The van der Waals surface area contributed by atoms with E-state index >= 15 is 0 Å². The Morgan fingerprint density at radius 2 is 1.83 bits per heavy atom. The standard InChI is InChI=1S/C11H11Si/c1-7-3-9-5-11(12)6-10(9)4-8(7)2/h3-5H,6H2,1-2H3. The summed E-state index contributed by atoms with van der Waals surface area (Å²) in [5, 5.41) is 1.29. The van der Waals surface area contributed by atoms with Crippen LogP contribution in [0.4, 0.5) is 0 Å². The van der Waals surface area contributed by atoms with Gasteiger partial charge in [0.1, 0.15) is 0 Å². The molecule has 0 amide bonds. The van der Waals surface area contributed by atoms with Crippen LogP contribution in [-0.2, 0) is 6.42 Å². The molecule has 1 aliphatic carbocycles. The van der Waals surface area contributed by atoms with Crippen molar-refractivity contribution in [3.05, 3.63) is 39.6 Å². The van der Waals surface area contributed by atoms with Crippen molar-refractivity contribution in [2.75, 3.05) is 0 Å². The van der Waals surface area contributed by atoms with Gasteiger partial charge in [0.05, 0.1) is 10.2 Å². The predicted octanol–water partition coefficient (Wildman–Crippen LogP) is 2.37. The highest BCUT2D eigenvalue weighted by Crippen LogP contribution is 2.25. The van der Waals surface area contributed by atoms with Crippen molar-refractivity contribution in [3.63, 3.8) is 0 Å². The van der Waals surface area contributed by atoms with Crippen molar-refractivity contribution in [3.8, 4) is 0 Å². The fourth-order valence-corrected chi connectivity index (χ4v) is 1.98. The highest BCUT2D eigenvalue weighted by atomic mass is 28.1. The lowest BCUT2D eigenvalue weighted by Gasteiger charge is -2.04. The van der Waals surface area contributed by atoms with Gasteiger partial charge in [-0.1, -0.05) is 23.4 Å². The van der Waals surface area contributed by atoms with Crippen molar-refractivity contribution >= 4 is 16.3 Å². The first kappa shape index (κ1) is 7.81. The van der Waals surface area contributed by atoms with Gasteiger partial charge in [-0.15, -0.1) is 0 Å². The normalized spacial score (nSPS) is 14.4. The summed E-state index contributed by atoms with van der Waals surface area (Å²) in [6, 6.07) is 4.55. The van der Waals surface area contributed by atoms with E-state index in [0.29, 0.717) is 0 Å². The van der Waals surface area contributed by atoms with E-state index in [1.54, 1.807) is 0 Å². The molecule has 59 valence electrons. The molecule has 0 fully saturated rings. The maximum Gasteiger partial charge on any atom is 0.0655 e. The number of hydrogen-bond donors (Lipinski definition) is 0. The Labute approximate surface area is 76.7 Å². The number of hydrogen-bond acceptors (Lipinski definition) is 0. The maximum absolute atomic E-state index is 3.58. The molecule has 0 atom stereocenters. The molecule has 0 nitrogen and oxygen atoms in total. The summed E-state index contributed by atoms with van der Waals surface area (Å²) >= 11 is 0. The van der Waals surface area contributed by atoms with Crippen LogP contribution in [0.1, 0.15) is 22.3 Å². The second-order valence-electron chi connectivity index (χ2n) is 3.48. The molecule has 0 N–H and O–H groups in total. The zero-order chi connectivity index (χ0) is 8.72. The first-order valence-electron chi connectivity index (χ1n) is 4.19. The van der Waals surface area contributed by atoms with Gasteiger partial charge in [0.25, 0.3) is 0 Å². The lowest BCUT2D eigenvalue weighted by Crippen LogP contribution is -1.88. The van der Waals surface area contributed by atoms with Gasteiger partial charge < -0.3 is 0 Å². The minimum atomic E-state index is 1.06. The van der Waals surface area contributed by atoms with E-state index in [4.69, 9.17) is 0 Å². The lowest BCUT2D eigenvalue weighted by atomic mass is 10.0. The third kappa shape index (κ3) is 1.14. The zero-order valence-corrected chi connectivity index (χ0v) is 8.44. The third-order valence-corrected chi connectivity index (χ3v) is 2.79. The minimum Gasteiger partial charge on any atom is -0.0835 e. The van der Waals surface area contributed by atoms with Crippen molar-refractivity contribution < 1.29 is 0 Å². The zero-order valence-electron chi connectivity index (χ0n) is 7.44. The van der Waals surface area contributed by atoms with E-state index in [9.17, 15) is 0 Å². The van der Waals surface area contributed by atoms with Gasteiger partial charge in [0.15, 0.2) is 0 Å². The SMILES string of the molecule is Cc1cc2c(cc1C)CC([Si])=C2. The Morgan fingerprint density at radius 3 is 2.58 bits per heavy atom. The maximum atomic E-state index is 3.58. The van der Waals surface area contributed by atoms with Crippen molar-refractivity contribution in [2.24, 2.45) is 0 Å². The third-order valence-electron chi connectivity index (χ3n) is 2.47. The molecule has 1 aromatic carbocycles. The average Bonchev–Trinajstić information content (AvgIpc) is 2.30. The van der Waals surface area contributed by atoms with Crippen molar-refractivity contribution in [1.82, 2.24) is 0 Å². The Bertz CT molecular complexity index is 362. The summed E-state index contributed by atoms with van der Waals surface area (Å²) in [5.74, 6) is 0. The Kier molecular flexibility index (Phi) is 1.69. The first-order chi connectivity index (χ1) is 5.66. The van der Waals surface area contributed by atoms with Crippen LogP contribution < -0.4 is 0 Å². The van der Waals surface area contributed by atoms with Gasteiger partial charge in [0.2, 0.25) is 0 Å². The smallest absolute Gasteiger partial charge is 0.0655 e. The molecule has 0 aromatic heterocycles. The van der Waals surface area contributed by atoms with E-state index in [2.05, 4.69) is 42.3 Å². The number of allylic oxidation sites excluding steroid dienone is 1. The summed E-state index contributed by atoms with van der Waals surface area (Å²) in [4.78, 5) is 0. The molecular formula is C11H11Si. The van der Waals surface area contributed by atoms with E-state index in [1.165, 1.54) is 27.5 Å². The number of rotatable bonds is 0. The first-order valence-corrected chi connectivity index (χ1v) is 4.69. The van der Waals surface area contributed by atoms with Crippen LogP contribution in [-0.4, -0.2) is 10.2 Å². The van der Waals surface area contributed by atoms with Gasteiger partial charge in [0, 0.05) is 0 Å². The molecule has 0 heterocycles. The second-order valence-corrected chi connectivity index (χ2v) is 4.12. The number of fused-ring (bicyclic) bond motifs is 1. The average molecular weight is 171 g/mol. The summed E-state index contributed by atoms with van der Waals surface area (Å²) in [5.41, 5.74) is 5.60. The van der Waals surface area contributed by atoms with E-state index in [1.807, 2.05) is 0 Å². The molecule has 1 aliphatic rings. The fraction of sp³-hybridized carbons (Fsp3) is 0.273. The molecule has 1 heteroatoms. The molecule has 0 saturated heterocycles. The lowest BCUT2D eigenvalue weighted by molar-refractivity contribution is 1.23. The summed E-state index contributed by atoms with van der Waals surface area (Å²) < 4.78 is 0. The van der Waals surface area contributed by atoms with Gasteiger partial charge in [-0.3, -0.25) is 0 Å². The van der Waals surface area contributed by atoms with Gasteiger partial charge >= 0.3 is 0 Å². The van der Waals surface area contributed by atoms with Crippen LogP contribution in [0.25, 0.3) is 6.08 Å². The second kappa shape index (κ2) is 2.59. The summed E-state index contributed by atoms with van der Waals surface area (Å²) in [7, 11) is 3.58. The van der Waals surface area contributed by atoms with Crippen LogP contribution >= 0.6 is 0 Å². The van der Waals surface area contributed by atoms with Crippen LogP contribution in [0, 0.1) is 13.8 Å². The quantitative estimate of drug-likeness (QED) is 0.526. The Balaban J connectivity index is 2.57. The molecular weight excluding hydrogens is 160 g/mol. The van der Waals surface area contributed by atoms with E-state index in [0.717, 1.165) is 6.42 Å². The molecule has 0 unspecified atom stereocenters. The van der Waals surface area contributed by atoms with E-state index in [-0.39, 0.29) is 0 Å². The molecule has 0 bridgehead atoms. The van der Waals surface area contributed by atoms with Gasteiger partial charge in [-0.25, -0.2) is 0 Å². The Morgan fingerprint density at radius 1 is 1.17 bits per heavy atom. The number of aryl methyl sites for hydroxylation is 2. The van der Waals surface area contributed by atoms with Gasteiger partial charge in [-0.05, 0) is 42.5 Å². The largest absolute Gasteiger partial charge is 0.0835 e. The molecule has 0 spiro atoms. The molecule has 0 saturated carbocycles. The van der Waals surface area contributed by atoms with Crippen molar-refractivity contribution in [1.29, 1.82) is 0 Å². The Hall–Kier alpha value is -0.823. The molecule has 3 radical (unpaired) electrons. The topological polar surface area (TPSA) is 0 Å². The van der Waals surface area contributed by atoms with Crippen LogP contribution in [0.3, 0.4) is 0 Å². The summed E-state index contributed by atoms with van der Waals surface area (Å²) in [6.45, 7) is 4.33. The van der Waals surface area contributed by atoms with Crippen LogP contribution in [0.2, 0.25) is 0 Å². The highest BCUT2D eigenvalue weighted by molar-refractivity contribution is 6.25. The van der Waals surface area contributed by atoms with Crippen molar-refractivity contribution in [2.45, 2.75) is 20.3 Å². The minimum absolute atomic E-state index is 1.06. The molecule has 12 heavy (non-hydrogen) atoms. The summed E-state index contributed by atoms with van der Waals surface area (Å²) in [6.07, 6.45) is 3.27. The number of benzene rings is 1. The molecule has 0 aliphatic heterocycles. The van der Waals surface area contributed by atoms with E-state index < -0.39 is 0 Å². The molecule has 2 rings (SSSR count). The monoisotopic (exact) mass is 171 g/mol. The highest BCUT2D eigenvalue weighted by Gasteiger charge is 2.09. The predicted molar refractivity (Wildman–Crippen MR) is 53.4 cm³/mol. The molecule has 1 aromatic rings.